The second kappa shape index (κ2) is 7.25. The molecule has 0 atom stereocenters. The minimum absolute atomic E-state index is 0.283. The SMILES string of the molecule is CCCOc1ccc(CNc2ccc(F)cc2C#N)cn1. The van der Waals surface area contributed by atoms with Crippen LogP contribution in [-0.2, 0) is 6.54 Å². The average Bonchev–Trinajstić information content (AvgIpc) is 2.52. The molecule has 1 aromatic carbocycles. The van der Waals surface area contributed by atoms with Gasteiger partial charge in [0, 0.05) is 18.8 Å². The van der Waals surface area contributed by atoms with Crippen molar-refractivity contribution in [2.75, 3.05) is 11.9 Å². The van der Waals surface area contributed by atoms with E-state index in [0.717, 1.165) is 12.0 Å². The lowest BCUT2D eigenvalue weighted by molar-refractivity contribution is 0.305. The summed E-state index contributed by atoms with van der Waals surface area (Å²) in [4.78, 5) is 4.20. The van der Waals surface area contributed by atoms with E-state index in [4.69, 9.17) is 10.00 Å². The summed E-state index contributed by atoms with van der Waals surface area (Å²) < 4.78 is 18.4. The molecule has 1 heterocycles. The molecule has 5 heteroatoms. The molecule has 0 aliphatic carbocycles. The number of anilines is 1. The zero-order valence-corrected chi connectivity index (χ0v) is 11.8. The van der Waals surface area contributed by atoms with Crippen LogP contribution in [-0.4, -0.2) is 11.6 Å². The van der Waals surface area contributed by atoms with E-state index >= 15 is 0 Å². The Balaban J connectivity index is 1.98. The van der Waals surface area contributed by atoms with E-state index in [1.54, 1.807) is 12.3 Å². The fourth-order valence-corrected chi connectivity index (χ4v) is 1.77. The highest BCUT2D eigenvalue weighted by Gasteiger charge is 2.04. The van der Waals surface area contributed by atoms with Gasteiger partial charge >= 0.3 is 0 Å². The summed E-state index contributed by atoms with van der Waals surface area (Å²) in [5, 5.41) is 12.1. The number of ether oxygens (including phenoxy) is 1. The number of halogens is 1. The van der Waals surface area contributed by atoms with Gasteiger partial charge in [-0.25, -0.2) is 9.37 Å². The van der Waals surface area contributed by atoms with Gasteiger partial charge in [-0.05, 0) is 30.2 Å². The van der Waals surface area contributed by atoms with E-state index in [9.17, 15) is 4.39 Å². The molecule has 108 valence electrons. The van der Waals surface area contributed by atoms with Crippen LogP contribution in [0.4, 0.5) is 10.1 Å². The van der Waals surface area contributed by atoms with E-state index in [-0.39, 0.29) is 5.56 Å². The van der Waals surface area contributed by atoms with Crippen LogP contribution in [0.15, 0.2) is 36.5 Å². The summed E-state index contributed by atoms with van der Waals surface area (Å²) in [5.74, 6) is 0.177. The highest BCUT2D eigenvalue weighted by atomic mass is 19.1. The molecule has 0 spiro atoms. The minimum atomic E-state index is -0.420. The zero-order chi connectivity index (χ0) is 15.1. The standard InChI is InChI=1S/C16H16FN3O/c1-2-7-21-16-6-3-12(11-20-16)10-19-15-5-4-14(17)8-13(15)9-18/h3-6,8,11,19H,2,7,10H2,1H3. The van der Waals surface area contributed by atoms with Crippen molar-refractivity contribution in [3.63, 3.8) is 0 Å². The first-order valence-corrected chi connectivity index (χ1v) is 6.74. The van der Waals surface area contributed by atoms with Gasteiger partial charge in [0.1, 0.15) is 11.9 Å². The second-order valence-corrected chi connectivity index (χ2v) is 4.51. The summed E-state index contributed by atoms with van der Waals surface area (Å²) in [6.45, 7) is 3.18. The first kappa shape index (κ1) is 14.8. The first-order valence-electron chi connectivity index (χ1n) is 6.74. The number of rotatable bonds is 6. The lowest BCUT2D eigenvalue weighted by Crippen LogP contribution is -2.03. The van der Waals surface area contributed by atoms with Crippen molar-refractivity contribution in [1.82, 2.24) is 4.98 Å². The summed E-state index contributed by atoms with van der Waals surface area (Å²) in [5.41, 5.74) is 1.84. The zero-order valence-electron chi connectivity index (χ0n) is 11.8. The minimum Gasteiger partial charge on any atom is -0.478 e. The van der Waals surface area contributed by atoms with Crippen LogP contribution in [0.2, 0.25) is 0 Å². The van der Waals surface area contributed by atoms with E-state index < -0.39 is 5.82 Å². The van der Waals surface area contributed by atoms with Gasteiger partial charge < -0.3 is 10.1 Å². The third-order valence-electron chi connectivity index (χ3n) is 2.84. The van der Waals surface area contributed by atoms with Crippen LogP contribution in [0.5, 0.6) is 5.88 Å². The number of nitrogens with zero attached hydrogens (tertiary/aromatic N) is 2. The Labute approximate surface area is 123 Å². The van der Waals surface area contributed by atoms with Crippen molar-refractivity contribution < 1.29 is 9.13 Å². The van der Waals surface area contributed by atoms with Gasteiger partial charge in [-0.2, -0.15) is 5.26 Å². The maximum atomic E-state index is 13.0. The van der Waals surface area contributed by atoms with Crippen LogP contribution >= 0.6 is 0 Å². The Morgan fingerprint density at radius 3 is 2.86 bits per heavy atom. The van der Waals surface area contributed by atoms with Gasteiger partial charge in [-0.15, -0.1) is 0 Å². The van der Waals surface area contributed by atoms with Crippen LogP contribution < -0.4 is 10.1 Å². The number of nitriles is 1. The van der Waals surface area contributed by atoms with E-state index in [2.05, 4.69) is 10.3 Å². The fourth-order valence-electron chi connectivity index (χ4n) is 1.77. The van der Waals surface area contributed by atoms with E-state index in [1.807, 2.05) is 25.1 Å². The van der Waals surface area contributed by atoms with Crippen molar-refractivity contribution in [2.45, 2.75) is 19.9 Å². The molecule has 0 saturated carbocycles. The molecule has 2 aromatic rings. The number of hydrogen-bond donors (Lipinski definition) is 1. The molecule has 0 radical (unpaired) electrons. The molecule has 0 bridgehead atoms. The number of benzene rings is 1. The van der Waals surface area contributed by atoms with Crippen LogP contribution in [0.1, 0.15) is 24.5 Å². The number of aromatic nitrogens is 1. The number of hydrogen-bond acceptors (Lipinski definition) is 4. The Hall–Kier alpha value is -2.61. The summed E-state index contributed by atoms with van der Waals surface area (Å²) >= 11 is 0. The Kier molecular flexibility index (Phi) is 5.10. The maximum Gasteiger partial charge on any atom is 0.213 e. The monoisotopic (exact) mass is 285 g/mol. The first-order chi connectivity index (χ1) is 10.2. The van der Waals surface area contributed by atoms with Crippen LogP contribution in [0, 0.1) is 17.1 Å². The van der Waals surface area contributed by atoms with Crippen LogP contribution in [0.25, 0.3) is 0 Å². The summed E-state index contributed by atoms with van der Waals surface area (Å²) in [7, 11) is 0. The largest absolute Gasteiger partial charge is 0.478 e. The van der Waals surface area contributed by atoms with E-state index in [1.165, 1.54) is 12.1 Å². The highest BCUT2D eigenvalue weighted by Crippen LogP contribution is 2.17. The molecular weight excluding hydrogens is 269 g/mol. The van der Waals surface area contributed by atoms with Gasteiger partial charge in [0.2, 0.25) is 5.88 Å². The lowest BCUT2D eigenvalue weighted by Gasteiger charge is -2.09. The molecule has 0 aliphatic heterocycles. The Bertz CT molecular complexity index is 635. The highest BCUT2D eigenvalue weighted by molar-refractivity contribution is 5.57. The quantitative estimate of drug-likeness (QED) is 0.882. The molecule has 4 nitrogen and oxygen atoms in total. The van der Waals surface area contributed by atoms with Crippen molar-refractivity contribution in [3.8, 4) is 11.9 Å². The molecule has 21 heavy (non-hydrogen) atoms. The Morgan fingerprint density at radius 2 is 2.19 bits per heavy atom. The average molecular weight is 285 g/mol. The van der Waals surface area contributed by atoms with Gasteiger partial charge in [0.25, 0.3) is 0 Å². The maximum absolute atomic E-state index is 13.0. The summed E-state index contributed by atoms with van der Waals surface area (Å²) in [6, 6.07) is 9.77. The van der Waals surface area contributed by atoms with E-state index in [0.29, 0.717) is 24.7 Å². The number of pyridine rings is 1. The molecule has 0 unspecified atom stereocenters. The Morgan fingerprint density at radius 1 is 1.33 bits per heavy atom. The molecule has 1 aromatic heterocycles. The molecule has 0 aliphatic rings. The predicted molar refractivity (Wildman–Crippen MR) is 78.5 cm³/mol. The number of nitrogens with one attached hydrogen (secondary N) is 1. The predicted octanol–water partition coefficient (Wildman–Crippen LogP) is 3.49. The normalized spacial score (nSPS) is 9.95. The van der Waals surface area contributed by atoms with Crippen LogP contribution in [0.3, 0.4) is 0 Å². The van der Waals surface area contributed by atoms with Gasteiger partial charge in [-0.1, -0.05) is 13.0 Å². The second-order valence-electron chi connectivity index (χ2n) is 4.51. The molecule has 0 fully saturated rings. The third kappa shape index (κ3) is 4.18. The van der Waals surface area contributed by atoms with Gasteiger partial charge in [0.05, 0.1) is 17.9 Å². The topological polar surface area (TPSA) is 57.9 Å². The van der Waals surface area contributed by atoms with Crippen molar-refractivity contribution >= 4 is 5.69 Å². The molecule has 2 rings (SSSR count). The molecule has 0 amide bonds. The van der Waals surface area contributed by atoms with Crippen molar-refractivity contribution in [1.29, 1.82) is 5.26 Å². The molecular formula is C16H16FN3O. The smallest absolute Gasteiger partial charge is 0.213 e. The molecule has 1 N–H and O–H groups in total. The summed E-state index contributed by atoms with van der Waals surface area (Å²) in [6.07, 6.45) is 2.65. The third-order valence-corrected chi connectivity index (χ3v) is 2.84. The van der Waals surface area contributed by atoms with Crippen molar-refractivity contribution in [2.24, 2.45) is 0 Å². The lowest BCUT2D eigenvalue weighted by atomic mass is 10.2. The van der Waals surface area contributed by atoms with Gasteiger partial charge in [-0.3, -0.25) is 0 Å². The molecule has 0 saturated heterocycles. The van der Waals surface area contributed by atoms with Gasteiger partial charge in [0.15, 0.2) is 0 Å². The van der Waals surface area contributed by atoms with Crippen molar-refractivity contribution in [3.05, 3.63) is 53.5 Å². The fraction of sp³-hybridized carbons (Fsp3) is 0.250.